The summed E-state index contributed by atoms with van der Waals surface area (Å²) in [5, 5.41) is 2.92. The fourth-order valence-corrected chi connectivity index (χ4v) is 3.26. The Hall–Kier alpha value is -1.92. The Morgan fingerprint density at radius 1 is 1.07 bits per heavy atom. The van der Waals surface area contributed by atoms with Crippen molar-refractivity contribution in [3.63, 3.8) is 0 Å². The first-order chi connectivity index (χ1) is 12.8. The molecule has 0 aromatic heterocycles. The van der Waals surface area contributed by atoms with Crippen LogP contribution < -0.4 is 5.32 Å². The van der Waals surface area contributed by atoms with Gasteiger partial charge in [0.15, 0.2) is 0 Å². The van der Waals surface area contributed by atoms with Gasteiger partial charge in [-0.05, 0) is 46.5 Å². The molecule has 27 heavy (non-hydrogen) atoms. The minimum atomic E-state index is -1.03. The fourth-order valence-electron chi connectivity index (χ4n) is 3.26. The Kier molecular flexibility index (Phi) is 7.80. The van der Waals surface area contributed by atoms with Gasteiger partial charge in [0, 0.05) is 39.3 Å². The number of nitrogens with one attached hydrogen (secondary N) is 1. The summed E-state index contributed by atoms with van der Waals surface area (Å²) < 4.78 is 0. The topological polar surface area (TPSA) is 55.9 Å². The van der Waals surface area contributed by atoms with Crippen LogP contribution in [0.5, 0.6) is 0 Å². The predicted molar refractivity (Wildman–Crippen MR) is 108 cm³/mol. The highest BCUT2D eigenvalue weighted by atomic mass is 16.2. The fraction of sp³-hybridized carbons (Fsp3) is 0.619. The van der Waals surface area contributed by atoms with E-state index in [1.165, 1.54) is 5.56 Å². The Bertz CT molecular complexity index is 608. The van der Waals surface area contributed by atoms with E-state index in [9.17, 15) is 9.59 Å². The summed E-state index contributed by atoms with van der Waals surface area (Å²) in [6.45, 7) is 8.88. The van der Waals surface area contributed by atoms with Gasteiger partial charge >= 0.3 is 0 Å². The standard InChI is InChI=1S/C21H34N4O2/c1-21(2,19(26)22-11-8-12-23(3)4)20(27)25-15-13-24(14-16-25)17-18-9-6-5-7-10-18/h5-7,9-10H,8,11-17H2,1-4H3,(H,22,26). The first-order valence-electron chi connectivity index (χ1n) is 9.79. The van der Waals surface area contributed by atoms with Gasteiger partial charge < -0.3 is 15.1 Å². The zero-order chi connectivity index (χ0) is 19.9. The van der Waals surface area contributed by atoms with E-state index >= 15 is 0 Å². The molecule has 1 aromatic rings. The summed E-state index contributed by atoms with van der Waals surface area (Å²) in [5.74, 6) is -0.259. The summed E-state index contributed by atoms with van der Waals surface area (Å²) in [6.07, 6.45) is 0.876. The van der Waals surface area contributed by atoms with Gasteiger partial charge in [-0.15, -0.1) is 0 Å². The second kappa shape index (κ2) is 9.85. The second-order valence-electron chi connectivity index (χ2n) is 8.09. The minimum Gasteiger partial charge on any atom is -0.355 e. The number of rotatable bonds is 8. The SMILES string of the molecule is CN(C)CCCNC(=O)C(C)(C)C(=O)N1CCN(Cc2ccccc2)CC1. The zero-order valence-corrected chi connectivity index (χ0v) is 17.2. The van der Waals surface area contributed by atoms with Crippen molar-refractivity contribution in [3.05, 3.63) is 35.9 Å². The molecule has 0 saturated carbocycles. The van der Waals surface area contributed by atoms with Crippen molar-refractivity contribution in [1.82, 2.24) is 20.0 Å². The van der Waals surface area contributed by atoms with Crippen molar-refractivity contribution >= 4 is 11.8 Å². The van der Waals surface area contributed by atoms with Crippen LogP contribution in [0.15, 0.2) is 30.3 Å². The Morgan fingerprint density at radius 3 is 2.30 bits per heavy atom. The summed E-state index contributed by atoms with van der Waals surface area (Å²) in [6, 6.07) is 10.4. The van der Waals surface area contributed by atoms with Crippen LogP contribution in [-0.4, -0.2) is 79.9 Å². The molecule has 1 heterocycles. The monoisotopic (exact) mass is 374 g/mol. The van der Waals surface area contributed by atoms with Crippen LogP contribution in [0, 0.1) is 5.41 Å². The third kappa shape index (κ3) is 6.33. The van der Waals surface area contributed by atoms with Gasteiger partial charge in [0.1, 0.15) is 5.41 Å². The quantitative estimate of drug-likeness (QED) is 0.552. The molecule has 150 valence electrons. The summed E-state index contributed by atoms with van der Waals surface area (Å²) in [7, 11) is 4.01. The van der Waals surface area contributed by atoms with Gasteiger partial charge in [-0.2, -0.15) is 0 Å². The largest absolute Gasteiger partial charge is 0.355 e. The van der Waals surface area contributed by atoms with Gasteiger partial charge in [-0.1, -0.05) is 30.3 Å². The normalized spacial score (nSPS) is 15.8. The maximum Gasteiger partial charge on any atom is 0.237 e. The first kappa shape index (κ1) is 21.4. The zero-order valence-electron chi connectivity index (χ0n) is 17.2. The molecule has 1 aromatic carbocycles. The molecule has 0 radical (unpaired) electrons. The summed E-state index contributed by atoms with van der Waals surface area (Å²) >= 11 is 0. The molecule has 1 aliphatic rings. The maximum atomic E-state index is 12.9. The van der Waals surface area contributed by atoms with Crippen LogP contribution in [0.2, 0.25) is 0 Å². The highest BCUT2D eigenvalue weighted by Gasteiger charge is 2.39. The van der Waals surface area contributed by atoms with Crippen LogP contribution in [0.1, 0.15) is 25.8 Å². The average molecular weight is 375 g/mol. The van der Waals surface area contributed by atoms with E-state index in [0.717, 1.165) is 32.6 Å². The van der Waals surface area contributed by atoms with Gasteiger partial charge in [0.05, 0.1) is 0 Å². The van der Waals surface area contributed by atoms with Crippen LogP contribution in [0.3, 0.4) is 0 Å². The molecule has 2 amide bonds. The molecule has 6 nitrogen and oxygen atoms in total. The smallest absolute Gasteiger partial charge is 0.237 e. The van der Waals surface area contributed by atoms with Gasteiger partial charge in [0.25, 0.3) is 0 Å². The van der Waals surface area contributed by atoms with E-state index in [1.807, 2.05) is 25.1 Å². The van der Waals surface area contributed by atoms with E-state index in [-0.39, 0.29) is 11.8 Å². The van der Waals surface area contributed by atoms with Gasteiger partial charge in [0.2, 0.25) is 11.8 Å². The lowest BCUT2D eigenvalue weighted by molar-refractivity contribution is -0.149. The third-order valence-electron chi connectivity index (χ3n) is 5.08. The molecule has 1 saturated heterocycles. The number of carbonyl (C=O) groups is 2. The summed E-state index contributed by atoms with van der Waals surface area (Å²) in [4.78, 5) is 31.7. The molecule has 1 aliphatic heterocycles. The van der Waals surface area contributed by atoms with Crippen LogP contribution >= 0.6 is 0 Å². The van der Waals surface area contributed by atoms with E-state index in [4.69, 9.17) is 0 Å². The number of carbonyl (C=O) groups excluding carboxylic acids is 2. The molecule has 0 aliphatic carbocycles. The van der Waals surface area contributed by atoms with Crippen molar-refractivity contribution in [1.29, 1.82) is 0 Å². The van der Waals surface area contributed by atoms with Crippen molar-refractivity contribution in [3.8, 4) is 0 Å². The molecule has 1 fully saturated rings. The van der Waals surface area contributed by atoms with E-state index < -0.39 is 5.41 Å². The number of benzene rings is 1. The molecule has 0 unspecified atom stereocenters. The Morgan fingerprint density at radius 2 is 1.70 bits per heavy atom. The highest BCUT2D eigenvalue weighted by Crippen LogP contribution is 2.21. The van der Waals surface area contributed by atoms with Crippen LogP contribution in [0.4, 0.5) is 0 Å². The predicted octanol–water partition coefficient (Wildman–Crippen LogP) is 1.42. The van der Waals surface area contributed by atoms with E-state index in [1.54, 1.807) is 13.8 Å². The number of amides is 2. The first-order valence-corrected chi connectivity index (χ1v) is 9.79. The lowest BCUT2D eigenvalue weighted by Crippen LogP contribution is -2.55. The van der Waals surface area contributed by atoms with E-state index in [2.05, 4.69) is 39.4 Å². The van der Waals surface area contributed by atoms with Crippen molar-refractivity contribution in [2.45, 2.75) is 26.8 Å². The minimum absolute atomic E-state index is 0.0769. The number of hydrogen-bond donors (Lipinski definition) is 1. The number of hydrogen-bond acceptors (Lipinski definition) is 4. The summed E-state index contributed by atoms with van der Waals surface area (Å²) in [5.41, 5.74) is 0.259. The Balaban J connectivity index is 1.80. The van der Waals surface area contributed by atoms with Gasteiger partial charge in [-0.3, -0.25) is 14.5 Å². The molecule has 2 rings (SSSR count). The maximum absolute atomic E-state index is 12.9. The Labute approximate surface area is 163 Å². The van der Waals surface area contributed by atoms with Crippen LogP contribution in [0.25, 0.3) is 0 Å². The molecular weight excluding hydrogens is 340 g/mol. The highest BCUT2D eigenvalue weighted by molar-refractivity contribution is 6.04. The number of nitrogens with zero attached hydrogens (tertiary/aromatic N) is 3. The lowest BCUT2D eigenvalue weighted by atomic mass is 9.90. The number of piperazine rings is 1. The molecule has 0 atom stereocenters. The average Bonchev–Trinajstić information content (AvgIpc) is 2.65. The second-order valence-corrected chi connectivity index (χ2v) is 8.09. The molecule has 0 bridgehead atoms. The lowest BCUT2D eigenvalue weighted by Gasteiger charge is -2.38. The molecular formula is C21H34N4O2. The van der Waals surface area contributed by atoms with Crippen molar-refractivity contribution in [2.24, 2.45) is 5.41 Å². The third-order valence-corrected chi connectivity index (χ3v) is 5.08. The van der Waals surface area contributed by atoms with E-state index in [0.29, 0.717) is 19.6 Å². The molecule has 0 spiro atoms. The van der Waals surface area contributed by atoms with Crippen LogP contribution in [-0.2, 0) is 16.1 Å². The van der Waals surface area contributed by atoms with Crippen molar-refractivity contribution in [2.75, 3.05) is 53.4 Å². The van der Waals surface area contributed by atoms with Gasteiger partial charge in [-0.25, -0.2) is 0 Å². The van der Waals surface area contributed by atoms with Crippen molar-refractivity contribution < 1.29 is 9.59 Å². The molecule has 1 N–H and O–H groups in total. The molecule has 6 heteroatoms.